The van der Waals surface area contributed by atoms with E-state index >= 15 is 0 Å². The van der Waals surface area contributed by atoms with Crippen molar-refractivity contribution < 1.29 is 71.8 Å². The summed E-state index contributed by atoms with van der Waals surface area (Å²) in [4.78, 5) is 114. The van der Waals surface area contributed by atoms with Gasteiger partial charge in [-0.05, 0) is 148 Å². The van der Waals surface area contributed by atoms with E-state index in [1.54, 1.807) is 0 Å². The Kier molecular flexibility index (Phi) is 54.4. The number of amides is 9. The van der Waals surface area contributed by atoms with Crippen LogP contribution in [0.5, 0.6) is 0 Å². The summed E-state index contributed by atoms with van der Waals surface area (Å²) in [6.45, 7) is 6.01. The Bertz CT molecular complexity index is 1800. The van der Waals surface area contributed by atoms with E-state index in [4.69, 9.17) is 11.5 Å². The molecule has 0 aromatic heterocycles. The van der Waals surface area contributed by atoms with Gasteiger partial charge >= 0.3 is 0 Å². The van der Waals surface area contributed by atoms with Crippen LogP contribution in [0.25, 0.3) is 0 Å². The average molecular weight is 1230 g/mol. The zero-order chi connectivity index (χ0) is 63.7. The number of rotatable bonds is 61. The van der Waals surface area contributed by atoms with Crippen molar-refractivity contribution >= 4 is 53.2 Å². The number of primary amides is 1. The predicted octanol–water partition coefficient (Wildman–Crippen LogP) is -0.374. The molecule has 0 aliphatic heterocycles. The van der Waals surface area contributed by atoms with E-state index in [2.05, 4.69) is 71.2 Å². The molecule has 0 saturated heterocycles. The summed E-state index contributed by atoms with van der Waals surface area (Å²) < 4.78 is 0. The van der Waals surface area contributed by atoms with Gasteiger partial charge in [0, 0.05) is 51.9 Å². The minimum Gasteiger partial charge on any atom is -0.368 e. The second-order valence-corrected chi connectivity index (χ2v) is 23.5. The average Bonchev–Trinajstić information content (AvgIpc) is 3.58. The lowest BCUT2D eigenvalue weighted by molar-refractivity contribution is -0.368. The van der Waals surface area contributed by atoms with Gasteiger partial charge in [0.25, 0.3) is 0 Å². The summed E-state index contributed by atoms with van der Waals surface area (Å²) in [6.07, 6.45) is 29.5. The lowest BCUT2D eigenvalue weighted by atomic mass is 10.1. The molecule has 0 fully saturated rings. The predicted molar refractivity (Wildman–Crippen MR) is 336 cm³/mol. The van der Waals surface area contributed by atoms with Gasteiger partial charge in [0.2, 0.25) is 53.2 Å². The zero-order valence-electron chi connectivity index (χ0n) is 53.7. The molecule has 0 saturated carbocycles. The highest BCUT2D eigenvalue weighted by atomic mass is 16.2. The van der Waals surface area contributed by atoms with Gasteiger partial charge in [-0.3, -0.25) is 43.2 Å². The molecule has 24 nitrogen and oxygen atoms in total. The van der Waals surface area contributed by atoms with Gasteiger partial charge in [0.15, 0.2) is 0 Å². The molecule has 27 N–H and O–H groups in total. The summed E-state index contributed by atoms with van der Waals surface area (Å²) in [5.41, 5.74) is 30.8. The van der Waals surface area contributed by atoms with Gasteiger partial charge in [-0.1, -0.05) is 77.0 Å². The summed E-state index contributed by atoms with van der Waals surface area (Å²) in [5.74, 6) is -1.71. The molecule has 0 spiro atoms. The Balaban J connectivity index is 4.48. The molecule has 0 radical (unpaired) electrons. The van der Waals surface area contributed by atoms with E-state index in [9.17, 15) is 43.2 Å². The molecular formula is C62H128N15O9+5. The molecule has 0 bridgehead atoms. The van der Waals surface area contributed by atoms with E-state index in [0.717, 1.165) is 206 Å². The van der Waals surface area contributed by atoms with Crippen LogP contribution in [0.4, 0.5) is 0 Å². The van der Waals surface area contributed by atoms with Crippen LogP contribution in [0.3, 0.4) is 0 Å². The van der Waals surface area contributed by atoms with Crippen LogP contribution in [0.1, 0.15) is 250 Å². The van der Waals surface area contributed by atoms with E-state index in [-0.39, 0.29) is 47.3 Å². The van der Waals surface area contributed by atoms with E-state index < -0.39 is 36.1 Å². The van der Waals surface area contributed by atoms with Gasteiger partial charge in [0.1, 0.15) is 24.2 Å². The van der Waals surface area contributed by atoms with Crippen molar-refractivity contribution in [2.75, 3.05) is 58.9 Å². The van der Waals surface area contributed by atoms with Crippen molar-refractivity contribution in [2.45, 2.75) is 281 Å². The number of nitrogens with two attached hydrogens (primary N) is 2. The van der Waals surface area contributed by atoms with Crippen LogP contribution < -0.4 is 82.7 Å². The van der Waals surface area contributed by atoms with Gasteiger partial charge in [-0.15, -0.1) is 0 Å². The number of nitrogens with one attached hydrogen (secondary N) is 8. The van der Waals surface area contributed by atoms with Crippen molar-refractivity contribution in [3.05, 3.63) is 0 Å². The Morgan fingerprint density at radius 1 is 0.267 bits per heavy atom. The third kappa shape index (κ3) is 48.1. The largest absolute Gasteiger partial charge is 0.368 e. The molecule has 0 aromatic rings. The maximum Gasteiger partial charge on any atom is 0.242 e. The number of unbranched alkanes of at least 4 members (excludes halogenated alkanes) is 21. The van der Waals surface area contributed by atoms with E-state index in [0.29, 0.717) is 103 Å². The van der Waals surface area contributed by atoms with Gasteiger partial charge in [-0.25, -0.2) is 0 Å². The minimum atomic E-state index is -0.642. The molecule has 5 atom stereocenters. The number of carbonyl (C=O) groups is 9. The van der Waals surface area contributed by atoms with Crippen LogP contribution in [0.15, 0.2) is 0 Å². The normalized spacial score (nSPS) is 12.9. The quantitative estimate of drug-likeness (QED) is 0.0350. The summed E-state index contributed by atoms with van der Waals surface area (Å²) in [7, 11) is 0. The third-order valence-corrected chi connectivity index (χ3v) is 15.5. The molecule has 5 unspecified atom stereocenters. The second-order valence-electron chi connectivity index (χ2n) is 23.5. The Labute approximate surface area is 516 Å². The van der Waals surface area contributed by atoms with Crippen molar-refractivity contribution in [3.63, 3.8) is 0 Å². The second kappa shape index (κ2) is 57.7. The topological polar surface area (TPSA) is 440 Å². The van der Waals surface area contributed by atoms with Crippen molar-refractivity contribution in [2.24, 2.45) is 11.5 Å². The Hall–Kier alpha value is -5.01. The molecule has 86 heavy (non-hydrogen) atoms. The smallest absolute Gasteiger partial charge is 0.242 e. The van der Waals surface area contributed by atoms with Crippen molar-refractivity contribution in [1.29, 1.82) is 0 Å². The fourth-order valence-corrected chi connectivity index (χ4v) is 10.0. The zero-order valence-corrected chi connectivity index (χ0v) is 53.7. The first-order chi connectivity index (χ1) is 41.6. The highest BCUT2D eigenvalue weighted by Crippen LogP contribution is 2.12. The lowest BCUT2D eigenvalue weighted by Gasteiger charge is -2.19. The molecule has 0 aliphatic carbocycles. The SMILES string of the molecule is NC(=O)C(CCCC[NH3+])NC(=O)CCCCCCCNC(=O)C(CCCC[NH3+])NC(=O)CCCCCCCNC(=O)C(CCCC[NH3+])NC(=O)CCCCCCCNC(=O)C(CCCC[NH3+])NC(=O)CCCCCCCNC(=O)C(N)CCCC[NH3+]. The van der Waals surface area contributed by atoms with Crippen molar-refractivity contribution in [1.82, 2.24) is 42.5 Å². The fraction of sp³-hybridized carbons (Fsp3) is 0.855. The molecule has 24 heteroatoms. The Morgan fingerprint density at radius 2 is 0.488 bits per heavy atom. The van der Waals surface area contributed by atoms with E-state index in [1.807, 2.05) is 0 Å². The highest BCUT2D eigenvalue weighted by Gasteiger charge is 2.24. The third-order valence-electron chi connectivity index (χ3n) is 15.5. The van der Waals surface area contributed by atoms with Crippen molar-refractivity contribution in [3.8, 4) is 0 Å². The van der Waals surface area contributed by atoms with Crippen LogP contribution in [0, 0.1) is 0 Å². The number of quaternary nitrogens is 5. The first-order valence-electron chi connectivity index (χ1n) is 33.9. The summed E-state index contributed by atoms with van der Waals surface area (Å²) in [6, 6.07) is -2.89. The first-order valence-corrected chi connectivity index (χ1v) is 33.9. The highest BCUT2D eigenvalue weighted by molar-refractivity contribution is 5.89. The summed E-state index contributed by atoms with van der Waals surface area (Å²) >= 11 is 0. The van der Waals surface area contributed by atoms with Gasteiger partial charge in [0.05, 0.1) is 38.8 Å². The Morgan fingerprint density at radius 3 is 0.756 bits per heavy atom. The van der Waals surface area contributed by atoms with Crippen LogP contribution >= 0.6 is 0 Å². The first kappa shape index (κ1) is 81.0. The minimum absolute atomic E-state index is 0.102. The van der Waals surface area contributed by atoms with E-state index in [1.165, 1.54) is 0 Å². The molecule has 9 amide bonds. The molecule has 0 aliphatic rings. The standard InChI is InChI=1S/C62H123N15O9/c63-40-22-17-31-49(68)59(83)70-45-27-9-1-6-14-37-55(79)75-51(33-19-24-42-65)61(85)72-47-29-11-3-8-16-39-57(81)77-53(35-21-26-44-67)62(86)73-48-30-12-4-7-15-38-56(80)76-52(34-20-25-43-66)60(84)71-46-28-10-2-5-13-36-54(78)74-50(58(69)82)32-18-23-41-64/h49-53H,1-48,63-68H2,(H2,69,82)(H,70,83)(H,71,84)(H,72,85)(H,73,86)(H,74,78)(H,75,79)(H,76,80)(H,77,81)/p+5. The molecule has 0 heterocycles. The number of carbonyl (C=O) groups excluding carboxylic acids is 9. The maximum atomic E-state index is 13.2. The lowest BCUT2D eigenvalue weighted by Crippen LogP contribution is -2.50. The van der Waals surface area contributed by atoms with Crippen LogP contribution in [0.2, 0.25) is 0 Å². The number of hydrogen-bond donors (Lipinski definition) is 15. The molecular weight excluding hydrogens is 1100 g/mol. The molecule has 0 rings (SSSR count). The summed E-state index contributed by atoms with van der Waals surface area (Å²) in [5, 5.41) is 23.6. The number of hydrogen-bond acceptors (Lipinski definition) is 10. The van der Waals surface area contributed by atoms with Gasteiger partial charge in [-0.2, -0.15) is 0 Å². The monoisotopic (exact) mass is 1230 g/mol. The fourth-order valence-electron chi connectivity index (χ4n) is 10.0. The maximum absolute atomic E-state index is 13.2. The van der Waals surface area contributed by atoms with Gasteiger partial charge < -0.3 is 82.7 Å². The van der Waals surface area contributed by atoms with Crippen LogP contribution in [-0.2, 0) is 43.2 Å². The molecule has 500 valence electrons. The molecule has 0 aromatic carbocycles. The van der Waals surface area contributed by atoms with Crippen LogP contribution in [-0.4, -0.2) is 142 Å².